The van der Waals surface area contributed by atoms with Gasteiger partial charge in [0.25, 0.3) is 0 Å². The predicted octanol–water partition coefficient (Wildman–Crippen LogP) is 4.22. The number of nitrogens with two attached hydrogens (primary N) is 1. The van der Waals surface area contributed by atoms with Crippen molar-refractivity contribution < 1.29 is 14.2 Å². The summed E-state index contributed by atoms with van der Waals surface area (Å²) in [5, 5.41) is 3.57. The van der Waals surface area contributed by atoms with Crippen LogP contribution in [0.15, 0.2) is 24.4 Å². The number of hydrogen-bond donors (Lipinski definition) is 2. The van der Waals surface area contributed by atoms with Crippen molar-refractivity contribution in [3.8, 4) is 28.5 Å². The molecular weight excluding hydrogens is 432 g/mol. The summed E-state index contributed by atoms with van der Waals surface area (Å²) in [5.74, 6) is 2.03. The topological polar surface area (TPSA) is 108 Å². The molecule has 9 nitrogen and oxygen atoms in total. The molecule has 34 heavy (non-hydrogen) atoms. The van der Waals surface area contributed by atoms with E-state index >= 15 is 0 Å². The molecule has 0 saturated heterocycles. The van der Waals surface area contributed by atoms with Gasteiger partial charge in [-0.1, -0.05) is 13.8 Å². The summed E-state index contributed by atoms with van der Waals surface area (Å²) in [6, 6.07) is 5.76. The van der Waals surface area contributed by atoms with E-state index in [1.54, 1.807) is 27.5 Å². The highest BCUT2D eigenvalue weighted by atomic mass is 16.5. The third-order valence-electron chi connectivity index (χ3n) is 5.90. The maximum absolute atomic E-state index is 6.06. The molecule has 0 radical (unpaired) electrons. The number of fused-ring (bicyclic) bond motifs is 1. The monoisotopic (exact) mass is 468 g/mol. The lowest BCUT2D eigenvalue weighted by Gasteiger charge is -2.20. The normalized spacial score (nSPS) is 12.1. The minimum Gasteiger partial charge on any atom is -0.493 e. The number of pyridine rings is 1. The molecule has 3 N–H and O–H groups in total. The zero-order chi connectivity index (χ0) is 24.7. The minimum atomic E-state index is 0.243. The number of hydrogen-bond acceptors (Lipinski definition) is 9. The van der Waals surface area contributed by atoms with Crippen LogP contribution in [0.1, 0.15) is 33.6 Å². The van der Waals surface area contributed by atoms with Crippen molar-refractivity contribution in [1.82, 2.24) is 19.9 Å². The van der Waals surface area contributed by atoms with Gasteiger partial charge in [0.15, 0.2) is 17.1 Å². The van der Waals surface area contributed by atoms with Gasteiger partial charge in [-0.2, -0.15) is 0 Å². The van der Waals surface area contributed by atoms with Crippen LogP contribution in [0.2, 0.25) is 0 Å². The minimum absolute atomic E-state index is 0.243. The standard InChI is InChI=1S/C25H36N6O3/c1-7-31(8-2)11-9-10-16(3)28-18-14-22(26)30-25-23(18)29-19(15-27-25)17-12-20(32-4)24(34-6)21(13-17)33-5/h12-16H,7-11H2,1-6H3,(H3,26,27,28,30). The van der Waals surface area contributed by atoms with Crippen LogP contribution >= 0.6 is 0 Å². The first-order valence-corrected chi connectivity index (χ1v) is 11.7. The molecule has 3 rings (SSSR count). The maximum Gasteiger partial charge on any atom is 0.203 e. The molecular formula is C25H36N6O3. The number of ether oxygens (including phenoxy) is 3. The second-order valence-corrected chi connectivity index (χ2v) is 8.15. The molecule has 3 aromatic rings. The Hall–Kier alpha value is -3.33. The van der Waals surface area contributed by atoms with Gasteiger partial charge >= 0.3 is 0 Å². The van der Waals surface area contributed by atoms with Gasteiger partial charge in [0, 0.05) is 17.7 Å². The summed E-state index contributed by atoms with van der Waals surface area (Å²) in [7, 11) is 4.75. The first kappa shape index (κ1) is 25.3. The molecule has 0 fully saturated rings. The fraction of sp³-hybridized carbons (Fsp3) is 0.480. The van der Waals surface area contributed by atoms with Gasteiger partial charge in [0.1, 0.15) is 11.3 Å². The van der Waals surface area contributed by atoms with Crippen LogP contribution in [0.3, 0.4) is 0 Å². The van der Waals surface area contributed by atoms with E-state index in [1.807, 2.05) is 18.2 Å². The van der Waals surface area contributed by atoms with Crippen LogP contribution in [-0.4, -0.2) is 66.9 Å². The maximum atomic E-state index is 6.06. The number of nitrogens with zero attached hydrogens (tertiary/aromatic N) is 4. The summed E-state index contributed by atoms with van der Waals surface area (Å²) >= 11 is 0. The van der Waals surface area contributed by atoms with Gasteiger partial charge in [-0.3, -0.25) is 0 Å². The summed E-state index contributed by atoms with van der Waals surface area (Å²) in [6.45, 7) is 9.79. The summed E-state index contributed by atoms with van der Waals surface area (Å²) in [6.07, 6.45) is 3.81. The molecule has 0 spiro atoms. The van der Waals surface area contributed by atoms with Gasteiger partial charge in [-0.05, 0) is 51.5 Å². The van der Waals surface area contributed by atoms with Crippen LogP contribution in [0, 0.1) is 0 Å². The van der Waals surface area contributed by atoms with E-state index < -0.39 is 0 Å². The Balaban J connectivity index is 1.92. The van der Waals surface area contributed by atoms with Crippen molar-refractivity contribution in [2.24, 2.45) is 0 Å². The third kappa shape index (κ3) is 5.77. The van der Waals surface area contributed by atoms with Crippen molar-refractivity contribution in [2.45, 2.75) is 39.7 Å². The molecule has 2 heterocycles. The van der Waals surface area contributed by atoms with Crippen molar-refractivity contribution in [2.75, 3.05) is 52.0 Å². The highest BCUT2D eigenvalue weighted by Gasteiger charge is 2.17. The number of nitrogen functional groups attached to an aromatic ring is 1. The Morgan fingerprint density at radius 3 is 2.26 bits per heavy atom. The number of aromatic nitrogens is 3. The molecule has 1 unspecified atom stereocenters. The Bertz CT molecular complexity index is 1080. The molecule has 1 aromatic carbocycles. The smallest absolute Gasteiger partial charge is 0.203 e. The van der Waals surface area contributed by atoms with E-state index in [9.17, 15) is 0 Å². The summed E-state index contributed by atoms with van der Waals surface area (Å²) in [5.41, 5.74) is 9.49. The molecule has 0 amide bonds. The van der Waals surface area contributed by atoms with Crippen LogP contribution in [0.4, 0.5) is 11.5 Å². The van der Waals surface area contributed by atoms with Gasteiger partial charge < -0.3 is 30.2 Å². The average Bonchev–Trinajstić information content (AvgIpc) is 2.85. The SMILES string of the molecule is CCN(CC)CCCC(C)Nc1cc(N)nc2ncc(-c3cc(OC)c(OC)c(OC)c3)nc12. The molecule has 0 saturated carbocycles. The van der Waals surface area contributed by atoms with Gasteiger partial charge in [-0.15, -0.1) is 0 Å². The van der Waals surface area contributed by atoms with Crippen LogP contribution < -0.4 is 25.3 Å². The Morgan fingerprint density at radius 2 is 1.68 bits per heavy atom. The van der Waals surface area contributed by atoms with Crippen molar-refractivity contribution >= 4 is 22.7 Å². The Morgan fingerprint density at radius 1 is 1.00 bits per heavy atom. The number of rotatable bonds is 12. The second-order valence-electron chi connectivity index (χ2n) is 8.15. The molecule has 1 atom stereocenters. The van der Waals surface area contributed by atoms with Crippen molar-refractivity contribution in [3.05, 3.63) is 24.4 Å². The fourth-order valence-electron chi connectivity index (χ4n) is 3.99. The van der Waals surface area contributed by atoms with Crippen LogP contribution in [-0.2, 0) is 0 Å². The van der Waals surface area contributed by atoms with Gasteiger partial charge in [0.05, 0.1) is 38.9 Å². The Kier molecular flexibility index (Phi) is 8.70. The van der Waals surface area contributed by atoms with E-state index in [0.717, 1.165) is 43.7 Å². The molecule has 0 aliphatic carbocycles. The lowest BCUT2D eigenvalue weighted by Crippen LogP contribution is -2.25. The van der Waals surface area contributed by atoms with Gasteiger partial charge in [-0.25, -0.2) is 15.0 Å². The summed E-state index contributed by atoms with van der Waals surface area (Å²) in [4.78, 5) is 16.2. The van der Waals surface area contributed by atoms with Gasteiger partial charge in [0.2, 0.25) is 5.75 Å². The molecule has 0 bridgehead atoms. The zero-order valence-corrected chi connectivity index (χ0v) is 21.0. The first-order valence-electron chi connectivity index (χ1n) is 11.7. The highest BCUT2D eigenvalue weighted by molar-refractivity contribution is 5.88. The van der Waals surface area contributed by atoms with E-state index in [-0.39, 0.29) is 6.04 Å². The van der Waals surface area contributed by atoms with E-state index in [1.165, 1.54) is 0 Å². The lowest BCUT2D eigenvalue weighted by atomic mass is 10.1. The molecule has 2 aromatic heterocycles. The van der Waals surface area contributed by atoms with E-state index in [0.29, 0.717) is 39.9 Å². The quantitative estimate of drug-likeness (QED) is 0.404. The summed E-state index contributed by atoms with van der Waals surface area (Å²) < 4.78 is 16.4. The molecule has 9 heteroatoms. The Labute approximate surface area is 201 Å². The number of anilines is 2. The number of benzene rings is 1. The van der Waals surface area contributed by atoms with Crippen molar-refractivity contribution in [1.29, 1.82) is 0 Å². The average molecular weight is 469 g/mol. The molecule has 184 valence electrons. The number of methoxy groups -OCH3 is 3. The predicted molar refractivity (Wildman–Crippen MR) is 137 cm³/mol. The second kappa shape index (κ2) is 11.7. The zero-order valence-electron chi connectivity index (χ0n) is 21.0. The fourth-order valence-corrected chi connectivity index (χ4v) is 3.99. The first-order chi connectivity index (χ1) is 16.4. The largest absolute Gasteiger partial charge is 0.493 e. The lowest BCUT2D eigenvalue weighted by molar-refractivity contribution is 0.295. The van der Waals surface area contributed by atoms with E-state index in [2.05, 4.69) is 41.0 Å². The van der Waals surface area contributed by atoms with E-state index in [4.69, 9.17) is 24.9 Å². The van der Waals surface area contributed by atoms with Crippen molar-refractivity contribution in [3.63, 3.8) is 0 Å². The highest BCUT2D eigenvalue weighted by Crippen LogP contribution is 2.41. The van der Waals surface area contributed by atoms with Crippen LogP contribution in [0.25, 0.3) is 22.4 Å². The number of nitrogens with one attached hydrogen (secondary N) is 1. The molecule has 0 aliphatic rings. The molecule has 0 aliphatic heterocycles. The van der Waals surface area contributed by atoms with Crippen LogP contribution in [0.5, 0.6) is 17.2 Å². The third-order valence-corrected chi connectivity index (χ3v) is 5.90.